The SMILES string of the molecule is CC(=O)c1ccc(Cn2ncc(NC(=O)c3ncoc3-c3cccc(C(F)(F)F)c3)n2)o1. The summed E-state index contributed by atoms with van der Waals surface area (Å²) in [5, 5.41) is 10.5. The van der Waals surface area contributed by atoms with Crippen LogP contribution in [0.15, 0.2) is 57.8 Å². The first-order chi connectivity index (χ1) is 15.2. The Bertz CT molecular complexity index is 1290. The number of carbonyl (C=O) groups is 2. The number of oxazole rings is 1. The minimum atomic E-state index is -4.55. The van der Waals surface area contributed by atoms with E-state index in [9.17, 15) is 22.8 Å². The minimum Gasteiger partial charge on any atom is -0.456 e. The van der Waals surface area contributed by atoms with Crippen LogP contribution in [-0.4, -0.2) is 31.7 Å². The van der Waals surface area contributed by atoms with E-state index in [1.54, 1.807) is 6.07 Å². The van der Waals surface area contributed by atoms with Gasteiger partial charge in [-0.15, -0.1) is 5.10 Å². The van der Waals surface area contributed by atoms with Gasteiger partial charge in [0.15, 0.2) is 35.2 Å². The number of amides is 1. The monoisotopic (exact) mass is 445 g/mol. The predicted molar refractivity (Wildman–Crippen MR) is 103 cm³/mol. The number of nitrogens with one attached hydrogen (secondary N) is 1. The Kier molecular flexibility index (Phi) is 5.34. The number of ketones is 1. The molecule has 32 heavy (non-hydrogen) atoms. The first kappa shape index (κ1) is 21.0. The Morgan fingerprint density at radius 2 is 2.00 bits per heavy atom. The van der Waals surface area contributed by atoms with Crippen molar-refractivity contribution in [2.75, 3.05) is 5.32 Å². The number of carbonyl (C=O) groups excluding carboxylic acids is 2. The van der Waals surface area contributed by atoms with E-state index in [4.69, 9.17) is 8.83 Å². The second-order valence-electron chi connectivity index (χ2n) is 6.65. The van der Waals surface area contributed by atoms with E-state index < -0.39 is 17.6 Å². The second-order valence-corrected chi connectivity index (χ2v) is 6.65. The van der Waals surface area contributed by atoms with E-state index >= 15 is 0 Å². The van der Waals surface area contributed by atoms with E-state index in [0.29, 0.717) is 5.76 Å². The highest BCUT2D eigenvalue weighted by Gasteiger charge is 2.31. The third-order valence-corrected chi connectivity index (χ3v) is 4.32. The molecule has 1 aromatic carbocycles. The van der Waals surface area contributed by atoms with Crippen LogP contribution >= 0.6 is 0 Å². The Labute approximate surface area is 177 Å². The molecule has 4 rings (SSSR count). The molecule has 12 heteroatoms. The van der Waals surface area contributed by atoms with Gasteiger partial charge in [0, 0.05) is 12.5 Å². The molecule has 9 nitrogen and oxygen atoms in total. The molecular weight excluding hydrogens is 431 g/mol. The van der Waals surface area contributed by atoms with Crippen LogP contribution in [0.25, 0.3) is 11.3 Å². The molecule has 0 saturated carbocycles. The summed E-state index contributed by atoms with van der Waals surface area (Å²) in [6, 6.07) is 7.50. The van der Waals surface area contributed by atoms with E-state index in [1.807, 2.05) is 0 Å². The molecule has 0 fully saturated rings. The van der Waals surface area contributed by atoms with E-state index in [0.717, 1.165) is 18.5 Å². The maximum Gasteiger partial charge on any atom is 0.416 e. The summed E-state index contributed by atoms with van der Waals surface area (Å²) in [6.45, 7) is 1.49. The van der Waals surface area contributed by atoms with Crippen LogP contribution < -0.4 is 5.32 Å². The number of benzene rings is 1. The fourth-order valence-electron chi connectivity index (χ4n) is 2.85. The topological polar surface area (TPSA) is 116 Å². The summed E-state index contributed by atoms with van der Waals surface area (Å²) in [6.07, 6.45) is -2.31. The number of hydrogen-bond acceptors (Lipinski definition) is 7. The molecule has 0 aliphatic rings. The highest BCUT2D eigenvalue weighted by molar-refractivity contribution is 6.05. The van der Waals surface area contributed by atoms with Gasteiger partial charge in [-0.1, -0.05) is 12.1 Å². The van der Waals surface area contributed by atoms with Gasteiger partial charge in [-0.25, -0.2) is 4.98 Å². The molecule has 1 amide bonds. The van der Waals surface area contributed by atoms with Gasteiger partial charge in [0.2, 0.25) is 0 Å². The predicted octanol–water partition coefficient (Wildman–Crippen LogP) is 4.05. The normalized spacial score (nSPS) is 11.5. The van der Waals surface area contributed by atoms with Gasteiger partial charge in [-0.2, -0.15) is 23.1 Å². The summed E-state index contributed by atoms with van der Waals surface area (Å²) in [5.41, 5.74) is -1.05. The lowest BCUT2D eigenvalue weighted by Gasteiger charge is -2.08. The van der Waals surface area contributed by atoms with Crippen molar-refractivity contribution in [1.82, 2.24) is 20.0 Å². The van der Waals surface area contributed by atoms with Crippen molar-refractivity contribution < 1.29 is 31.6 Å². The molecule has 4 aromatic rings. The molecule has 0 unspecified atom stereocenters. The van der Waals surface area contributed by atoms with Crippen molar-refractivity contribution >= 4 is 17.5 Å². The quantitative estimate of drug-likeness (QED) is 0.445. The molecule has 0 bridgehead atoms. The molecule has 0 radical (unpaired) electrons. The van der Waals surface area contributed by atoms with Crippen molar-refractivity contribution in [3.05, 3.63) is 71.8 Å². The maximum absolute atomic E-state index is 13.0. The van der Waals surface area contributed by atoms with Gasteiger partial charge in [-0.05, 0) is 24.3 Å². The molecule has 0 atom stereocenters. The van der Waals surface area contributed by atoms with Crippen molar-refractivity contribution in [3.63, 3.8) is 0 Å². The van der Waals surface area contributed by atoms with E-state index in [2.05, 4.69) is 20.5 Å². The standard InChI is InChI=1S/C20H14F3N5O4/c1-11(29)15-6-5-14(32-15)9-28-25-8-16(27-28)26-19(30)17-18(31-10-24-17)12-3-2-4-13(7-12)20(21,22)23/h2-8,10H,9H2,1H3,(H,26,27,30). The van der Waals surface area contributed by atoms with Crippen molar-refractivity contribution in [2.45, 2.75) is 19.6 Å². The highest BCUT2D eigenvalue weighted by Crippen LogP contribution is 2.33. The zero-order chi connectivity index (χ0) is 22.9. The molecule has 164 valence electrons. The molecule has 0 aliphatic heterocycles. The summed E-state index contributed by atoms with van der Waals surface area (Å²) >= 11 is 0. The van der Waals surface area contributed by atoms with Gasteiger partial charge >= 0.3 is 6.18 Å². The Morgan fingerprint density at radius 1 is 1.19 bits per heavy atom. The van der Waals surface area contributed by atoms with E-state index in [1.165, 1.54) is 36.1 Å². The maximum atomic E-state index is 13.0. The largest absolute Gasteiger partial charge is 0.456 e. The fourth-order valence-corrected chi connectivity index (χ4v) is 2.85. The summed E-state index contributed by atoms with van der Waals surface area (Å²) in [4.78, 5) is 28.9. The summed E-state index contributed by atoms with van der Waals surface area (Å²) in [5.74, 6) is -0.364. The average molecular weight is 445 g/mol. The fraction of sp³-hybridized carbons (Fsp3) is 0.150. The van der Waals surface area contributed by atoms with Crippen LogP contribution in [0.5, 0.6) is 0 Å². The number of alkyl halides is 3. The molecule has 0 spiro atoms. The van der Waals surface area contributed by atoms with Crippen LogP contribution in [0.4, 0.5) is 19.0 Å². The van der Waals surface area contributed by atoms with Gasteiger partial charge in [0.25, 0.3) is 5.91 Å². The molecule has 3 heterocycles. The lowest BCUT2D eigenvalue weighted by molar-refractivity contribution is -0.137. The lowest BCUT2D eigenvalue weighted by atomic mass is 10.1. The number of aromatic nitrogens is 4. The zero-order valence-electron chi connectivity index (χ0n) is 16.4. The number of nitrogens with zero attached hydrogens (tertiary/aromatic N) is 4. The zero-order valence-corrected chi connectivity index (χ0v) is 16.4. The third kappa shape index (κ3) is 4.43. The molecular formula is C20H14F3N5O4. The molecule has 0 aliphatic carbocycles. The van der Waals surface area contributed by atoms with Crippen LogP contribution in [0, 0.1) is 0 Å². The molecule has 0 saturated heterocycles. The minimum absolute atomic E-state index is 0.0465. The summed E-state index contributed by atoms with van der Waals surface area (Å²) < 4.78 is 49.5. The number of halogens is 3. The first-order valence-corrected chi connectivity index (χ1v) is 9.13. The van der Waals surface area contributed by atoms with Gasteiger partial charge in [0.1, 0.15) is 12.3 Å². The Balaban J connectivity index is 1.49. The van der Waals surface area contributed by atoms with Gasteiger partial charge in [0.05, 0.1) is 11.8 Å². The number of furan rings is 1. The van der Waals surface area contributed by atoms with Gasteiger partial charge < -0.3 is 14.2 Å². The second kappa shape index (κ2) is 8.13. The lowest BCUT2D eigenvalue weighted by Crippen LogP contribution is -2.14. The van der Waals surface area contributed by atoms with Crippen LogP contribution in [0.3, 0.4) is 0 Å². The van der Waals surface area contributed by atoms with Crippen LogP contribution in [-0.2, 0) is 12.7 Å². The van der Waals surface area contributed by atoms with Crippen molar-refractivity contribution in [3.8, 4) is 11.3 Å². The van der Waals surface area contributed by atoms with Crippen LogP contribution in [0.2, 0.25) is 0 Å². The number of Topliss-reactive ketones (excluding diaryl/α,β-unsaturated/α-hetero) is 1. The van der Waals surface area contributed by atoms with E-state index in [-0.39, 0.29) is 40.9 Å². The molecule has 1 N–H and O–H groups in total. The smallest absolute Gasteiger partial charge is 0.416 e. The highest BCUT2D eigenvalue weighted by atomic mass is 19.4. The average Bonchev–Trinajstić information content (AvgIpc) is 3.48. The van der Waals surface area contributed by atoms with Gasteiger partial charge in [-0.3, -0.25) is 9.59 Å². The number of rotatable bonds is 6. The Hall–Kier alpha value is -4.22. The van der Waals surface area contributed by atoms with Crippen molar-refractivity contribution in [1.29, 1.82) is 0 Å². The molecule has 3 aromatic heterocycles. The number of hydrogen-bond donors (Lipinski definition) is 1. The van der Waals surface area contributed by atoms with Crippen LogP contribution in [0.1, 0.15) is 39.3 Å². The number of anilines is 1. The first-order valence-electron chi connectivity index (χ1n) is 9.13. The third-order valence-electron chi connectivity index (χ3n) is 4.32. The summed E-state index contributed by atoms with van der Waals surface area (Å²) in [7, 11) is 0. The Morgan fingerprint density at radius 3 is 2.72 bits per heavy atom. The van der Waals surface area contributed by atoms with Crippen molar-refractivity contribution in [2.24, 2.45) is 0 Å².